The molecule has 1 aromatic carbocycles. The van der Waals surface area contributed by atoms with Crippen molar-refractivity contribution in [2.24, 2.45) is 0 Å². The Hall–Kier alpha value is -0.810. The summed E-state index contributed by atoms with van der Waals surface area (Å²) in [6.45, 7) is 1.89. The molecule has 0 aliphatic carbocycles. The first-order valence-corrected chi connectivity index (χ1v) is 6.32. The lowest BCUT2D eigenvalue weighted by atomic mass is 10.1. The molecule has 0 bridgehead atoms. The van der Waals surface area contributed by atoms with E-state index in [0.717, 1.165) is 5.56 Å². The number of carboxylic acids is 1. The molecule has 98 valence electrons. The number of carboxylic acid groups (broad SMARTS) is 1. The first-order chi connectivity index (χ1) is 8.58. The number of morpholine rings is 1. The molecule has 1 N–H and O–H groups in total. The molecule has 0 spiro atoms. The van der Waals surface area contributed by atoms with Crippen LogP contribution in [0.15, 0.2) is 18.2 Å². The van der Waals surface area contributed by atoms with Crippen molar-refractivity contribution in [2.45, 2.75) is 12.6 Å². The topological polar surface area (TPSA) is 49.8 Å². The Balaban J connectivity index is 2.10. The van der Waals surface area contributed by atoms with E-state index in [9.17, 15) is 4.79 Å². The predicted molar refractivity (Wildman–Crippen MR) is 69.1 cm³/mol. The second kappa shape index (κ2) is 5.89. The molecule has 18 heavy (non-hydrogen) atoms. The number of benzene rings is 1. The van der Waals surface area contributed by atoms with Gasteiger partial charge in [-0.3, -0.25) is 9.69 Å². The fraction of sp³-hybridized carbons (Fsp3) is 0.417. The first kappa shape index (κ1) is 13.6. The summed E-state index contributed by atoms with van der Waals surface area (Å²) < 4.78 is 5.18. The van der Waals surface area contributed by atoms with Gasteiger partial charge in [0.2, 0.25) is 0 Å². The molecule has 1 fully saturated rings. The minimum Gasteiger partial charge on any atom is -0.480 e. The summed E-state index contributed by atoms with van der Waals surface area (Å²) >= 11 is 11.8. The van der Waals surface area contributed by atoms with Crippen LogP contribution in [0.5, 0.6) is 0 Å². The summed E-state index contributed by atoms with van der Waals surface area (Å²) in [5.74, 6) is -0.866. The van der Waals surface area contributed by atoms with Gasteiger partial charge in [0.15, 0.2) is 0 Å². The van der Waals surface area contributed by atoms with E-state index in [1.807, 2.05) is 11.0 Å². The summed E-state index contributed by atoms with van der Waals surface area (Å²) in [5, 5.41) is 10.1. The number of nitrogens with zero attached hydrogens (tertiary/aromatic N) is 1. The van der Waals surface area contributed by atoms with Crippen molar-refractivity contribution in [1.82, 2.24) is 4.90 Å². The molecular weight excluding hydrogens is 277 g/mol. The van der Waals surface area contributed by atoms with Crippen LogP contribution in [0, 0.1) is 0 Å². The van der Waals surface area contributed by atoms with Gasteiger partial charge in [-0.15, -0.1) is 0 Å². The number of carbonyl (C=O) groups is 1. The predicted octanol–water partition coefficient (Wildman–Crippen LogP) is 2.28. The molecule has 1 aliphatic heterocycles. The minimum absolute atomic E-state index is 0.219. The van der Waals surface area contributed by atoms with Gasteiger partial charge in [-0.05, 0) is 17.7 Å². The van der Waals surface area contributed by atoms with Crippen LogP contribution >= 0.6 is 23.2 Å². The van der Waals surface area contributed by atoms with Crippen molar-refractivity contribution in [3.63, 3.8) is 0 Å². The van der Waals surface area contributed by atoms with E-state index in [-0.39, 0.29) is 6.61 Å². The number of aliphatic carboxylic acids is 1. The molecule has 1 atom stereocenters. The Kier molecular flexibility index (Phi) is 4.45. The van der Waals surface area contributed by atoms with E-state index in [1.165, 1.54) is 0 Å². The highest BCUT2D eigenvalue weighted by molar-refractivity contribution is 6.42. The molecule has 6 heteroatoms. The minimum atomic E-state index is -0.866. The molecule has 0 saturated carbocycles. The van der Waals surface area contributed by atoms with Gasteiger partial charge in [-0.25, -0.2) is 0 Å². The zero-order valence-corrected chi connectivity index (χ0v) is 11.1. The van der Waals surface area contributed by atoms with Crippen LogP contribution in [0.1, 0.15) is 5.56 Å². The Morgan fingerprint density at radius 1 is 1.44 bits per heavy atom. The molecule has 1 unspecified atom stereocenters. The second-order valence-electron chi connectivity index (χ2n) is 4.15. The maximum Gasteiger partial charge on any atom is 0.323 e. The van der Waals surface area contributed by atoms with Gasteiger partial charge in [0, 0.05) is 13.1 Å². The van der Waals surface area contributed by atoms with Crippen molar-refractivity contribution in [3.05, 3.63) is 33.8 Å². The third-order valence-electron chi connectivity index (χ3n) is 2.89. The van der Waals surface area contributed by atoms with E-state index in [4.69, 9.17) is 33.0 Å². The van der Waals surface area contributed by atoms with Gasteiger partial charge in [-0.2, -0.15) is 0 Å². The van der Waals surface area contributed by atoms with Crippen LogP contribution in [0.3, 0.4) is 0 Å². The maximum atomic E-state index is 11.1. The lowest BCUT2D eigenvalue weighted by molar-refractivity contribution is -0.150. The SMILES string of the molecule is O=C(O)C1COCCN1Cc1ccc(Cl)c(Cl)c1. The fourth-order valence-corrected chi connectivity index (χ4v) is 2.25. The number of rotatable bonds is 3. The van der Waals surface area contributed by atoms with Crippen LogP contribution in [0.2, 0.25) is 10.0 Å². The first-order valence-electron chi connectivity index (χ1n) is 5.56. The standard InChI is InChI=1S/C12H13Cl2NO3/c13-9-2-1-8(5-10(9)14)6-15-3-4-18-7-11(15)12(16)17/h1-2,5,11H,3-4,6-7H2,(H,16,17). The Bertz CT molecular complexity index is 453. The second-order valence-corrected chi connectivity index (χ2v) is 4.96. The highest BCUT2D eigenvalue weighted by atomic mass is 35.5. The number of halogens is 2. The van der Waals surface area contributed by atoms with E-state index < -0.39 is 12.0 Å². The zero-order valence-electron chi connectivity index (χ0n) is 9.60. The zero-order chi connectivity index (χ0) is 13.1. The summed E-state index contributed by atoms with van der Waals surface area (Å²) in [6.07, 6.45) is 0. The Morgan fingerprint density at radius 2 is 2.22 bits per heavy atom. The van der Waals surface area contributed by atoms with Crippen molar-refractivity contribution >= 4 is 29.2 Å². The summed E-state index contributed by atoms with van der Waals surface area (Å²) in [7, 11) is 0. The van der Waals surface area contributed by atoms with Crippen molar-refractivity contribution in [1.29, 1.82) is 0 Å². The lowest BCUT2D eigenvalue weighted by Gasteiger charge is -2.32. The number of hydrogen-bond donors (Lipinski definition) is 1. The Labute approximate surface area is 115 Å². The molecule has 1 aromatic rings. The van der Waals surface area contributed by atoms with Gasteiger partial charge in [0.1, 0.15) is 6.04 Å². The molecule has 1 aliphatic rings. The van der Waals surface area contributed by atoms with E-state index >= 15 is 0 Å². The summed E-state index contributed by atoms with van der Waals surface area (Å²) in [5.41, 5.74) is 0.942. The van der Waals surface area contributed by atoms with Gasteiger partial charge in [0.25, 0.3) is 0 Å². The van der Waals surface area contributed by atoms with E-state index in [1.54, 1.807) is 12.1 Å². The van der Waals surface area contributed by atoms with Gasteiger partial charge >= 0.3 is 5.97 Å². The van der Waals surface area contributed by atoms with Crippen molar-refractivity contribution in [3.8, 4) is 0 Å². The molecular formula is C12H13Cl2NO3. The van der Waals surface area contributed by atoms with Gasteiger partial charge in [-0.1, -0.05) is 29.3 Å². The van der Waals surface area contributed by atoms with Gasteiger partial charge < -0.3 is 9.84 Å². The van der Waals surface area contributed by atoms with E-state index in [2.05, 4.69) is 0 Å². The monoisotopic (exact) mass is 289 g/mol. The quantitative estimate of drug-likeness (QED) is 0.928. The van der Waals surface area contributed by atoms with Crippen LogP contribution in [-0.4, -0.2) is 41.8 Å². The molecule has 0 aromatic heterocycles. The Morgan fingerprint density at radius 3 is 2.89 bits per heavy atom. The van der Waals surface area contributed by atoms with Crippen molar-refractivity contribution < 1.29 is 14.6 Å². The smallest absolute Gasteiger partial charge is 0.323 e. The van der Waals surface area contributed by atoms with Crippen LogP contribution in [-0.2, 0) is 16.1 Å². The third kappa shape index (κ3) is 3.14. The lowest BCUT2D eigenvalue weighted by Crippen LogP contribution is -2.49. The average molecular weight is 290 g/mol. The normalized spacial score (nSPS) is 20.9. The molecule has 1 heterocycles. The summed E-state index contributed by atoms with van der Waals surface area (Å²) in [4.78, 5) is 13.0. The van der Waals surface area contributed by atoms with Crippen LogP contribution < -0.4 is 0 Å². The number of ether oxygens (including phenoxy) is 1. The van der Waals surface area contributed by atoms with Crippen molar-refractivity contribution in [2.75, 3.05) is 19.8 Å². The molecule has 1 saturated heterocycles. The summed E-state index contributed by atoms with van der Waals surface area (Å²) in [6, 6.07) is 4.73. The van der Waals surface area contributed by atoms with Crippen LogP contribution in [0.4, 0.5) is 0 Å². The highest BCUT2D eigenvalue weighted by Crippen LogP contribution is 2.24. The molecule has 0 amide bonds. The molecule has 2 rings (SSSR count). The number of hydrogen-bond acceptors (Lipinski definition) is 3. The molecule has 0 radical (unpaired) electrons. The van der Waals surface area contributed by atoms with Gasteiger partial charge in [0.05, 0.1) is 23.3 Å². The fourth-order valence-electron chi connectivity index (χ4n) is 1.93. The molecule has 4 nitrogen and oxygen atoms in total. The average Bonchev–Trinajstić information content (AvgIpc) is 2.34. The third-order valence-corrected chi connectivity index (χ3v) is 3.63. The highest BCUT2D eigenvalue weighted by Gasteiger charge is 2.29. The van der Waals surface area contributed by atoms with E-state index in [0.29, 0.717) is 29.7 Å². The van der Waals surface area contributed by atoms with Crippen LogP contribution in [0.25, 0.3) is 0 Å². The largest absolute Gasteiger partial charge is 0.480 e. The maximum absolute atomic E-state index is 11.1.